The van der Waals surface area contributed by atoms with Crippen molar-refractivity contribution >= 4 is 17.7 Å². The zero-order chi connectivity index (χ0) is 15.2. The van der Waals surface area contributed by atoms with Gasteiger partial charge in [0.25, 0.3) is 0 Å². The van der Waals surface area contributed by atoms with Crippen LogP contribution in [0.1, 0.15) is 11.3 Å². The number of H-pyrrole nitrogens is 1. The molecule has 0 saturated carbocycles. The molecule has 0 bridgehead atoms. The Morgan fingerprint density at radius 1 is 1.43 bits per heavy atom. The fourth-order valence-corrected chi connectivity index (χ4v) is 1.86. The highest BCUT2D eigenvalue weighted by atomic mass is 16.4. The molecule has 1 atom stereocenters. The fourth-order valence-electron chi connectivity index (χ4n) is 1.86. The molecule has 7 heteroatoms. The molecule has 0 aliphatic carbocycles. The monoisotopic (exact) mass is 288 g/mol. The Balaban J connectivity index is 1.96. The van der Waals surface area contributed by atoms with E-state index < -0.39 is 18.0 Å². The third-order valence-corrected chi connectivity index (χ3v) is 2.86. The van der Waals surface area contributed by atoms with Gasteiger partial charge in [0.1, 0.15) is 6.04 Å². The van der Waals surface area contributed by atoms with Crippen molar-refractivity contribution in [2.75, 3.05) is 5.32 Å². The quantitative estimate of drug-likeness (QED) is 0.669. The molecule has 1 aromatic carbocycles. The molecule has 7 nitrogen and oxygen atoms in total. The van der Waals surface area contributed by atoms with Crippen LogP contribution in [0.25, 0.3) is 0 Å². The van der Waals surface area contributed by atoms with Crippen LogP contribution in [0.2, 0.25) is 0 Å². The number of carboxylic acid groups (broad SMARTS) is 1. The van der Waals surface area contributed by atoms with Gasteiger partial charge >= 0.3 is 12.0 Å². The Morgan fingerprint density at radius 3 is 2.86 bits per heavy atom. The first-order valence-corrected chi connectivity index (χ1v) is 6.39. The van der Waals surface area contributed by atoms with Crippen LogP contribution in [0.3, 0.4) is 0 Å². The minimum absolute atomic E-state index is 0.135. The van der Waals surface area contributed by atoms with Crippen molar-refractivity contribution in [3.8, 4) is 0 Å². The standard InChI is InChI=1S/C14H16N4O3/c1-9-3-2-4-10(5-9)17-14(21)18-12(13(19)20)6-11-7-15-8-16-11/h2-5,7-8,12H,6H2,1H3,(H,15,16)(H,19,20)(H2,17,18,21). The van der Waals surface area contributed by atoms with Gasteiger partial charge in [-0.2, -0.15) is 0 Å². The van der Waals surface area contributed by atoms with Gasteiger partial charge < -0.3 is 20.7 Å². The number of amides is 2. The number of carbonyl (C=O) groups excluding carboxylic acids is 1. The lowest BCUT2D eigenvalue weighted by molar-refractivity contribution is -0.139. The molecule has 2 aromatic rings. The first-order chi connectivity index (χ1) is 10.0. The Kier molecular flexibility index (Phi) is 4.55. The third-order valence-electron chi connectivity index (χ3n) is 2.86. The van der Waals surface area contributed by atoms with Crippen LogP contribution in [-0.2, 0) is 11.2 Å². The van der Waals surface area contributed by atoms with E-state index in [2.05, 4.69) is 20.6 Å². The Bertz CT molecular complexity index is 625. The first kappa shape index (κ1) is 14.6. The maximum Gasteiger partial charge on any atom is 0.326 e. The number of urea groups is 1. The Labute approximate surface area is 121 Å². The highest BCUT2D eigenvalue weighted by Gasteiger charge is 2.21. The second-order valence-corrected chi connectivity index (χ2v) is 4.64. The molecule has 0 aliphatic heterocycles. The molecule has 1 aromatic heterocycles. The summed E-state index contributed by atoms with van der Waals surface area (Å²) in [4.78, 5) is 29.7. The van der Waals surface area contributed by atoms with Crippen LogP contribution >= 0.6 is 0 Å². The Morgan fingerprint density at radius 2 is 2.24 bits per heavy atom. The maximum absolute atomic E-state index is 11.9. The van der Waals surface area contributed by atoms with Crippen LogP contribution in [-0.4, -0.2) is 33.1 Å². The number of carbonyl (C=O) groups is 2. The van der Waals surface area contributed by atoms with Gasteiger partial charge in [-0.1, -0.05) is 12.1 Å². The molecule has 110 valence electrons. The number of rotatable bonds is 5. The van der Waals surface area contributed by atoms with E-state index in [4.69, 9.17) is 5.11 Å². The number of nitrogens with one attached hydrogen (secondary N) is 3. The van der Waals surface area contributed by atoms with E-state index in [9.17, 15) is 9.59 Å². The summed E-state index contributed by atoms with van der Waals surface area (Å²) in [5, 5.41) is 14.2. The predicted molar refractivity (Wildman–Crippen MR) is 77.0 cm³/mol. The number of hydrogen-bond acceptors (Lipinski definition) is 3. The lowest BCUT2D eigenvalue weighted by Crippen LogP contribution is -2.44. The number of aryl methyl sites for hydroxylation is 1. The number of anilines is 1. The molecule has 2 amide bonds. The smallest absolute Gasteiger partial charge is 0.326 e. The summed E-state index contributed by atoms with van der Waals surface area (Å²) in [6.45, 7) is 1.90. The average Bonchev–Trinajstić information content (AvgIpc) is 2.90. The number of carboxylic acids is 1. The SMILES string of the molecule is Cc1cccc(NC(=O)NC(Cc2cnc[nH]2)C(=O)O)c1. The summed E-state index contributed by atoms with van der Waals surface area (Å²) < 4.78 is 0. The summed E-state index contributed by atoms with van der Waals surface area (Å²) in [7, 11) is 0. The van der Waals surface area contributed by atoms with E-state index >= 15 is 0 Å². The number of aromatic nitrogens is 2. The molecule has 0 aliphatic rings. The topological polar surface area (TPSA) is 107 Å². The lowest BCUT2D eigenvalue weighted by atomic mass is 10.1. The van der Waals surface area contributed by atoms with E-state index in [-0.39, 0.29) is 6.42 Å². The summed E-state index contributed by atoms with van der Waals surface area (Å²) >= 11 is 0. The van der Waals surface area contributed by atoms with Gasteiger partial charge in [-0.3, -0.25) is 0 Å². The zero-order valence-corrected chi connectivity index (χ0v) is 11.5. The van der Waals surface area contributed by atoms with Crippen molar-refractivity contribution in [1.29, 1.82) is 0 Å². The molecule has 0 saturated heterocycles. The molecule has 0 spiro atoms. The number of hydrogen-bond donors (Lipinski definition) is 4. The highest BCUT2D eigenvalue weighted by Crippen LogP contribution is 2.09. The van der Waals surface area contributed by atoms with Crippen LogP contribution in [0.15, 0.2) is 36.8 Å². The predicted octanol–water partition coefficient (Wildman–Crippen LogP) is 1.54. The largest absolute Gasteiger partial charge is 0.480 e. The number of imidazole rings is 1. The molecule has 1 unspecified atom stereocenters. The van der Waals surface area contributed by atoms with Gasteiger partial charge in [0, 0.05) is 24.0 Å². The minimum atomic E-state index is -1.11. The molecule has 1 heterocycles. The summed E-state index contributed by atoms with van der Waals surface area (Å²) in [5.74, 6) is -1.11. The van der Waals surface area contributed by atoms with E-state index in [1.54, 1.807) is 12.1 Å². The first-order valence-electron chi connectivity index (χ1n) is 6.39. The molecular formula is C14H16N4O3. The minimum Gasteiger partial charge on any atom is -0.480 e. The van der Waals surface area contributed by atoms with Gasteiger partial charge in [-0.25, -0.2) is 14.6 Å². The van der Waals surface area contributed by atoms with Crippen molar-refractivity contribution in [3.05, 3.63) is 48.0 Å². The van der Waals surface area contributed by atoms with Crippen LogP contribution in [0, 0.1) is 6.92 Å². The molecule has 21 heavy (non-hydrogen) atoms. The second-order valence-electron chi connectivity index (χ2n) is 4.64. The van der Waals surface area contributed by atoms with Crippen molar-refractivity contribution in [1.82, 2.24) is 15.3 Å². The van der Waals surface area contributed by atoms with E-state index in [1.807, 2.05) is 19.1 Å². The maximum atomic E-state index is 11.9. The molecular weight excluding hydrogens is 272 g/mol. The van der Waals surface area contributed by atoms with Crippen LogP contribution in [0.5, 0.6) is 0 Å². The average molecular weight is 288 g/mol. The highest BCUT2D eigenvalue weighted by molar-refractivity contribution is 5.92. The lowest BCUT2D eigenvalue weighted by Gasteiger charge is -2.14. The van der Waals surface area contributed by atoms with Gasteiger partial charge in [-0.15, -0.1) is 0 Å². The number of benzene rings is 1. The van der Waals surface area contributed by atoms with Gasteiger partial charge in [0.05, 0.1) is 6.33 Å². The van der Waals surface area contributed by atoms with Gasteiger partial charge in [0.15, 0.2) is 0 Å². The fraction of sp³-hybridized carbons (Fsp3) is 0.214. The second kappa shape index (κ2) is 6.56. The number of nitrogens with zero attached hydrogens (tertiary/aromatic N) is 1. The Hall–Kier alpha value is -2.83. The molecule has 4 N–H and O–H groups in total. The molecule has 0 radical (unpaired) electrons. The summed E-state index contributed by atoms with van der Waals surface area (Å²) in [6.07, 6.45) is 3.12. The van der Waals surface area contributed by atoms with E-state index in [1.165, 1.54) is 12.5 Å². The number of aliphatic carboxylic acids is 1. The summed E-state index contributed by atoms with van der Waals surface area (Å²) in [6, 6.07) is 5.65. The van der Waals surface area contributed by atoms with E-state index in [0.717, 1.165) is 5.56 Å². The third kappa shape index (κ3) is 4.34. The van der Waals surface area contributed by atoms with Crippen molar-refractivity contribution in [2.24, 2.45) is 0 Å². The van der Waals surface area contributed by atoms with Gasteiger partial charge in [0.2, 0.25) is 0 Å². The van der Waals surface area contributed by atoms with Gasteiger partial charge in [-0.05, 0) is 24.6 Å². The molecule has 0 fully saturated rings. The van der Waals surface area contributed by atoms with Crippen LogP contribution in [0.4, 0.5) is 10.5 Å². The van der Waals surface area contributed by atoms with Crippen molar-refractivity contribution < 1.29 is 14.7 Å². The van der Waals surface area contributed by atoms with Crippen molar-refractivity contribution in [3.63, 3.8) is 0 Å². The van der Waals surface area contributed by atoms with E-state index in [0.29, 0.717) is 11.4 Å². The molecule has 2 rings (SSSR count). The summed E-state index contributed by atoms with van der Waals surface area (Å²) in [5.41, 5.74) is 2.25. The van der Waals surface area contributed by atoms with Crippen molar-refractivity contribution in [2.45, 2.75) is 19.4 Å². The number of aromatic amines is 1. The van der Waals surface area contributed by atoms with Crippen LogP contribution < -0.4 is 10.6 Å². The normalized spacial score (nSPS) is 11.7. The zero-order valence-electron chi connectivity index (χ0n) is 11.5.